The van der Waals surface area contributed by atoms with E-state index in [2.05, 4.69) is 28.3 Å². The van der Waals surface area contributed by atoms with Crippen molar-refractivity contribution < 1.29 is 19.0 Å². The summed E-state index contributed by atoms with van der Waals surface area (Å²) in [6.45, 7) is 5.10. The third-order valence-corrected chi connectivity index (χ3v) is 10.0. The minimum absolute atomic E-state index is 0.177. The highest BCUT2D eigenvalue weighted by molar-refractivity contribution is 8.01. The third-order valence-electron chi connectivity index (χ3n) is 7.48. The number of ether oxygens (including phenoxy) is 1. The van der Waals surface area contributed by atoms with Crippen molar-refractivity contribution >= 4 is 40.0 Å². The summed E-state index contributed by atoms with van der Waals surface area (Å²) in [5, 5.41) is 12.2. The Kier molecular flexibility index (Phi) is 10.2. The molecule has 3 heterocycles. The van der Waals surface area contributed by atoms with Gasteiger partial charge in [0, 0.05) is 30.3 Å². The molecule has 0 radical (unpaired) electrons. The van der Waals surface area contributed by atoms with E-state index in [9.17, 15) is 9.90 Å². The summed E-state index contributed by atoms with van der Waals surface area (Å²) in [7, 11) is 1.61. The molecule has 200 valence electrons. The molecule has 1 saturated heterocycles. The van der Waals surface area contributed by atoms with E-state index in [0.29, 0.717) is 36.0 Å². The number of pyridine rings is 1. The van der Waals surface area contributed by atoms with Gasteiger partial charge in [-0.3, -0.25) is 9.78 Å². The number of aliphatic carboxylic acids is 1. The summed E-state index contributed by atoms with van der Waals surface area (Å²) in [6.07, 6.45) is 4.73. The van der Waals surface area contributed by atoms with Crippen LogP contribution in [0.2, 0.25) is 0 Å². The second-order valence-electron chi connectivity index (χ2n) is 9.96. The Morgan fingerprint density at radius 3 is 2.92 bits per heavy atom. The molecule has 1 aliphatic heterocycles. The Morgan fingerprint density at radius 1 is 1.30 bits per heavy atom. The van der Waals surface area contributed by atoms with Crippen molar-refractivity contribution in [1.82, 2.24) is 9.88 Å². The van der Waals surface area contributed by atoms with E-state index in [4.69, 9.17) is 4.74 Å². The van der Waals surface area contributed by atoms with Crippen LogP contribution in [0.5, 0.6) is 5.75 Å². The lowest BCUT2D eigenvalue weighted by molar-refractivity contribution is -0.137. The number of fused-ring (bicyclic) bond motifs is 1. The SMILES string of the molecule is COc1ccc2nccc([C@H](F)CC[C@@H]3CCN(CCCSc4sccc4C)C[C@H]3CCC(=O)O)c2c1. The van der Waals surface area contributed by atoms with Gasteiger partial charge in [-0.15, -0.1) is 23.1 Å². The molecule has 0 spiro atoms. The van der Waals surface area contributed by atoms with Crippen LogP contribution in [0.4, 0.5) is 4.39 Å². The average Bonchev–Trinajstić information content (AvgIpc) is 3.32. The van der Waals surface area contributed by atoms with Crippen LogP contribution in [-0.2, 0) is 4.79 Å². The maximum Gasteiger partial charge on any atom is 0.303 e. The molecule has 37 heavy (non-hydrogen) atoms. The van der Waals surface area contributed by atoms with Crippen LogP contribution in [-0.4, -0.2) is 53.5 Å². The summed E-state index contributed by atoms with van der Waals surface area (Å²) in [5.74, 6) is 1.67. The fraction of sp³-hybridized carbons (Fsp3) is 0.517. The first-order valence-corrected chi connectivity index (χ1v) is 15.0. The van der Waals surface area contributed by atoms with E-state index in [1.807, 2.05) is 41.3 Å². The lowest BCUT2D eigenvalue weighted by Gasteiger charge is -2.39. The molecule has 4 rings (SSSR count). The number of thiophene rings is 1. The lowest BCUT2D eigenvalue weighted by atomic mass is 9.79. The van der Waals surface area contributed by atoms with Gasteiger partial charge in [-0.2, -0.15) is 0 Å². The molecule has 0 bridgehead atoms. The Balaban J connectivity index is 1.32. The van der Waals surface area contributed by atoms with Crippen molar-refractivity contribution in [3.05, 3.63) is 53.0 Å². The standard InChI is InChI=1S/C29H37FN2O3S2/c1-20-12-17-37-29(20)36-16-3-14-32-15-11-21(22(19-32)5-9-28(33)34)4-7-26(30)24-10-13-31-27-8-6-23(35-2)18-25(24)27/h6,8,10,12-13,17-18,21-22,26H,3-5,7,9,11,14-16,19H2,1-2H3,(H,33,34)/t21-,22-,26-/m1/s1. The molecular weight excluding hydrogens is 507 g/mol. The molecule has 0 saturated carbocycles. The number of aryl methyl sites for hydroxylation is 1. The quantitative estimate of drug-likeness (QED) is 0.179. The van der Waals surface area contributed by atoms with Gasteiger partial charge < -0.3 is 14.7 Å². The number of carboxylic acids is 1. The van der Waals surface area contributed by atoms with E-state index >= 15 is 4.39 Å². The van der Waals surface area contributed by atoms with Crippen molar-refractivity contribution in [2.45, 2.75) is 55.8 Å². The van der Waals surface area contributed by atoms with Crippen LogP contribution in [0.1, 0.15) is 55.8 Å². The predicted octanol–water partition coefficient (Wildman–Crippen LogP) is 7.39. The number of halogens is 1. The van der Waals surface area contributed by atoms with E-state index < -0.39 is 12.1 Å². The molecule has 1 N–H and O–H groups in total. The molecule has 0 amide bonds. The number of hydrogen-bond acceptors (Lipinski definition) is 6. The first-order chi connectivity index (χ1) is 17.9. The highest BCUT2D eigenvalue weighted by Crippen LogP contribution is 2.37. The first kappa shape index (κ1) is 27.9. The molecule has 1 aromatic carbocycles. The molecule has 3 atom stereocenters. The van der Waals surface area contributed by atoms with Gasteiger partial charge in [-0.05, 0) is 111 Å². The van der Waals surface area contributed by atoms with E-state index in [0.717, 1.165) is 55.6 Å². The maximum absolute atomic E-state index is 15.5. The van der Waals surface area contributed by atoms with Crippen LogP contribution >= 0.6 is 23.1 Å². The number of aromatic nitrogens is 1. The molecule has 0 aliphatic carbocycles. The summed E-state index contributed by atoms with van der Waals surface area (Å²) in [5.41, 5.74) is 2.78. The molecule has 8 heteroatoms. The molecule has 2 aromatic heterocycles. The van der Waals surface area contributed by atoms with Crippen molar-refractivity contribution in [2.24, 2.45) is 11.8 Å². The van der Waals surface area contributed by atoms with E-state index in [1.165, 1.54) is 9.77 Å². The van der Waals surface area contributed by atoms with Crippen molar-refractivity contribution in [3.63, 3.8) is 0 Å². The Labute approximate surface area is 227 Å². The predicted molar refractivity (Wildman–Crippen MR) is 151 cm³/mol. The van der Waals surface area contributed by atoms with Gasteiger partial charge in [0.15, 0.2) is 0 Å². The monoisotopic (exact) mass is 544 g/mol. The van der Waals surface area contributed by atoms with E-state index in [-0.39, 0.29) is 6.42 Å². The smallest absolute Gasteiger partial charge is 0.303 e. The highest BCUT2D eigenvalue weighted by atomic mass is 32.2. The average molecular weight is 545 g/mol. The van der Waals surface area contributed by atoms with Gasteiger partial charge in [0.2, 0.25) is 0 Å². The number of alkyl halides is 1. The van der Waals surface area contributed by atoms with Crippen LogP contribution in [0.25, 0.3) is 10.9 Å². The van der Waals surface area contributed by atoms with Crippen molar-refractivity contribution in [1.29, 1.82) is 0 Å². The number of carboxylic acid groups (broad SMARTS) is 1. The Morgan fingerprint density at radius 2 is 2.16 bits per heavy atom. The number of rotatable bonds is 13. The summed E-state index contributed by atoms with van der Waals surface area (Å²) >= 11 is 3.74. The molecular formula is C29H37FN2O3S2. The zero-order valence-electron chi connectivity index (χ0n) is 21.7. The van der Waals surface area contributed by atoms with Gasteiger partial charge in [-0.25, -0.2) is 4.39 Å². The van der Waals surface area contributed by atoms with Crippen LogP contribution < -0.4 is 4.74 Å². The molecule has 1 aliphatic rings. The highest BCUT2D eigenvalue weighted by Gasteiger charge is 2.30. The summed E-state index contributed by atoms with van der Waals surface area (Å²) in [6, 6.07) is 9.50. The molecule has 0 unspecified atom stereocenters. The van der Waals surface area contributed by atoms with Crippen molar-refractivity contribution in [2.75, 3.05) is 32.5 Å². The zero-order valence-corrected chi connectivity index (χ0v) is 23.3. The van der Waals surface area contributed by atoms with Gasteiger partial charge >= 0.3 is 5.97 Å². The second kappa shape index (κ2) is 13.6. The van der Waals surface area contributed by atoms with Gasteiger partial charge in [0.05, 0.1) is 16.8 Å². The minimum atomic E-state index is -1.09. The number of thioether (sulfide) groups is 1. The second-order valence-corrected chi connectivity index (χ2v) is 12.2. The largest absolute Gasteiger partial charge is 0.497 e. The molecule has 5 nitrogen and oxygen atoms in total. The summed E-state index contributed by atoms with van der Waals surface area (Å²) in [4.78, 5) is 18.2. The fourth-order valence-electron chi connectivity index (χ4n) is 5.40. The number of nitrogens with zero attached hydrogens (tertiary/aromatic N) is 2. The van der Waals surface area contributed by atoms with Crippen molar-refractivity contribution in [3.8, 4) is 5.75 Å². The minimum Gasteiger partial charge on any atom is -0.497 e. The van der Waals surface area contributed by atoms with Gasteiger partial charge in [-0.1, -0.05) is 0 Å². The first-order valence-electron chi connectivity index (χ1n) is 13.1. The third kappa shape index (κ3) is 7.68. The molecule has 1 fully saturated rings. The topological polar surface area (TPSA) is 62.7 Å². The van der Waals surface area contributed by atoms with E-state index in [1.54, 1.807) is 19.4 Å². The number of piperidine rings is 1. The number of likely N-dealkylation sites (tertiary alicyclic amines) is 1. The maximum atomic E-state index is 15.5. The summed E-state index contributed by atoms with van der Waals surface area (Å²) < 4.78 is 22.3. The van der Waals surface area contributed by atoms with Crippen LogP contribution in [0.15, 0.2) is 46.1 Å². The Hall–Kier alpha value is -2.16. The van der Waals surface area contributed by atoms with Crippen LogP contribution in [0, 0.1) is 18.8 Å². The van der Waals surface area contributed by atoms with Crippen LogP contribution in [0.3, 0.4) is 0 Å². The lowest BCUT2D eigenvalue weighted by Crippen LogP contribution is -2.41. The number of benzene rings is 1. The Bertz CT molecular complexity index is 1170. The normalized spacial score (nSPS) is 19.2. The fourth-order valence-corrected chi connectivity index (χ4v) is 7.49. The zero-order chi connectivity index (χ0) is 26.2. The molecule has 3 aromatic rings. The number of carbonyl (C=O) groups is 1. The number of hydrogen-bond donors (Lipinski definition) is 1. The number of methoxy groups -OCH3 is 1. The van der Waals surface area contributed by atoms with Gasteiger partial charge in [0.1, 0.15) is 11.9 Å². The van der Waals surface area contributed by atoms with Gasteiger partial charge in [0.25, 0.3) is 0 Å².